The van der Waals surface area contributed by atoms with E-state index in [0.717, 1.165) is 61.5 Å². The number of methoxy groups -OCH3 is 3. The summed E-state index contributed by atoms with van der Waals surface area (Å²) < 4.78 is 21.0. The Balaban J connectivity index is 0.000000143. The van der Waals surface area contributed by atoms with Crippen molar-refractivity contribution in [1.29, 1.82) is 0 Å². The molecule has 0 unspecified atom stereocenters. The standard InChI is InChI=1S/C29H30N6O5.C26H27N7O5.C25H24N6O6/c1-40-23-9-6-21-17-35(26(36)24(21)16-23)18-29(27(37)30-28(38)31-29)11-10-19-2-4-20(5-3-19)25(32-39)34-14-12-33(13-15-34)22-7-8-22;1-31-9-11-32(12-10-31)22(30-37)21-6-3-17(14-27-21)7-8-26(24(35)28-25(36)29-26)16-33-15-18-4-5-19(38-2)13-20(18)23(33)34;1-36-18-4-3-17-14-31(22(32)19(17)12-18)15-25(23(33)27-24(34)28-25)7-6-16-2-5-20(26-13-16)21(29-35)30-8-10-37-11-9-30/h2-6,9,16,22,39H,7-8,12-15,17-18H2,1H3,(H2,30,31,37,38);3-6,13-14,37H,9-12,15-16H2,1-2H3,(H2,28,29,35,36);2-5,12-13,35H,8-11,14-15H2,1H3,(H2,27,28,33,34)/t29-;26-;25-/m111/s1. The molecule has 6 saturated heterocycles. The van der Waals surface area contributed by atoms with E-state index in [1.54, 1.807) is 84.9 Å². The van der Waals surface area contributed by atoms with Crippen molar-refractivity contribution in [3.8, 4) is 52.8 Å². The number of hydrogen-bond acceptors (Lipinski definition) is 23. The molecule has 1 aliphatic carbocycles. The van der Waals surface area contributed by atoms with Crippen molar-refractivity contribution in [3.63, 3.8) is 0 Å². The molecular weight excluding hydrogens is 1480 g/mol. The van der Waals surface area contributed by atoms with E-state index in [1.807, 2.05) is 35.0 Å². The Morgan fingerprint density at radius 1 is 0.461 bits per heavy atom. The van der Waals surface area contributed by atoms with Crippen molar-refractivity contribution in [2.45, 2.75) is 55.1 Å². The van der Waals surface area contributed by atoms with Gasteiger partial charge in [-0.1, -0.05) is 69.2 Å². The molecule has 0 spiro atoms. The summed E-state index contributed by atoms with van der Waals surface area (Å²) in [5.74, 6) is 17.6. The van der Waals surface area contributed by atoms with Crippen LogP contribution in [0.3, 0.4) is 0 Å². The van der Waals surface area contributed by atoms with Gasteiger partial charge in [0.15, 0.2) is 17.5 Å². The van der Waals surface area contributed by atoms with Crippen LogP contribution in [-0.4, -0.2) is 285 Å². The summed E-state index contributed by atoms with van der Waals surface area (Å²) in [6, 6.07) is 28.3. The minimum atomic E-state index is -1.64. The molecule has 3 atom stereocenters. The Bertz CT molecular complexity index is 5180. The van der Waals surface area contributed by atoms with Crippen LogP contribution < -0.4 is 46.1 Å². The number of carbonyl (C=O) groups is 9. The lowest BCUT2D eigenvalue weighted by atomic mass is 9.99. The number of benzene rings is 4. The fourth-order valence-corrected chi connectivity index (χ4v) is 14.7. The van der Waals surface area contributed by atoms with E-state index < -0.39 is 52.4 Å². The number of amides is 12. The van der Waals surface area contributed by atoms with Gasteiger partial charge in [0.1, 0.15) is 28.6 Å². The predicted molar refractivity (Wildman–Crippen MR) is 410 cm³/mol. The molecule has 12 amide bonds. The fourth-order valence-electron chi connectivity index (χ4n) is 14.7. The highest BCUT2D eigenvalue weighted by atomic mass is 16.5. The molecule has 2 aromatic heterocycles. The maximum atomic E-state index is 13.1. The van der Waals surface area contributed by atoms with Crippen LogP contribution in [0.25, 0.3) is 0 Å². The van der Waals surface area contributed by atoms with E-state index in [-0.39, 0.29) is 57.0 Å². The minimum absolute atomic E-state index is 0.111. The second-order valence-corrected chi connectivity index (χ2v) is 28.6. The molecule has 1 saturated carbocycles. The monoisotopic (exact) mass is 1560 g/mol. The second kappa shape index (κ2) is 33.2. The third kappa shape index (κ3) is 16.7. The van der Waals surface area contributed by atoms with Crippen molar-refractivity contribution < 1.29 is 77.7 Å². The lowest BCUT2D eigenvalue weighted by Gasteiger charge is -2.36. The number of piperazine rings is 2. The molecule has 7 fully saturated rings. The van der Waals surface area contributed by atoms with Gasteiger partial charge >= 0.3 is 18.1 Å². The van der Waals surface area contributed by atoms with Crippen LogP contribution in [0.5, 0.6) is 17.2 Å². The van der Waals surface area contributed by atoms with Crippen molar-refractivity contribution >= 4 is 71.0 Å². The second-order valence-electron chi connectivity index (χ2n) is 28.6. The van der Waals surface area contributed by atoms with E-state index >= 15 is 0 Å². The molecule has 11 heterocycles. The number of amidine groups is 3. The Morgan fingerprint density at radius 2 is 0.817 bits per heavy atom. The maximum absolute atomic E-state index is 13.1. The van der Waals surface area contributed by atoms with Crippen LogP contribution in [0.2, 0.25) is 0 Å². The van der Waals surface area contributed by atoms with Gasteiger partial charge < -0.3 is 84.8 Å². The average molecular weight is 1560 g/mol. The number of nitrogens with one attached hydrogen (secondary N) is 6. The molecule has 10 aliphatic rings. The maximum Gasteiger partial charge on any atom is 0.323 e. The number of carbonyl (C=O) groups excluding carboxylic acids is 9. The first kappa shape index (κ1) is 77.9. The van der Waals surface area contributed by atoms with Gasteiger partial charge in [0.2, 0.25) is 16.6 Å². The van der Waals surface area contributed by atoms with Crippen molar-refractivity contribution in [2.24, 2.45) is 15.5 Å². The number of morpholine rings is 1. The summed E-state index contributed by atoms with van der Waals surface area (Å²) in [5, 5.41) is 53.8. The lowest BCUT2D eigenvalue weighted by Crippen LogP contribution is -2.54. The van der Waals surface area contributed by atoms with Gasteiger partial charge in [0, 0.05) is 142 Å². The molecule has 9 N–H and O–H groups in total. The smallest absolute Gasteiger partial charge is 0.323 e. The molecule has 9 aliphatic heterocycles. The highest BCUT2D eigenvalue weighted by Crippen LogP contribution is 2.33. The number of nitrogens with zero attached hydrogens (tertiary/aromatic N) is 13. The number of imide groups is 3. The third-order valence-electron chi connectivity index (χ3n) is 21.2. The quantitative estimate of drug-likeness (QED) is 0.0197. The van der Waals surface area contributed by atoms with Gasteiger partial charge in [-0.15, -0.1) is 0 Å². The number of fused-ring (bicyclic) bond motifs is 3. The lowest BCUT2D eigenvalue weighted by molar-refractivity contribution is -0.123. The van der Waals surface area contributed by atoms with Crippen LogP contribution in [-0.2, 0) is 38.8 Å². The number of urea groups is 3. The van der Waals surface area contributed by atoms with Crippen LogP contribution in [0.1, 0.15) is 94.2 Å². The van der Waals surface area contributed by atoms with E-state index in [1.165, 1.54) is 61.3 Å². The Morgan fingerprint density at radius 3 is 1.16 bits per heavy atom. The molecule has 35 heteroatoms. The summed E-state index contributed by atoms with van der Waals surface area (Å²) in [6.07, 6.45) is 5.54. The van der Waals surface area contributed by atoms with E-state index in [2.05, 4.69) is 108 Å². The van der Waals surface area contributed by atoms with Crippen molar-refractivity contribution in [1.82, 2.24) is 81.1 Å². The highest BCUT2D eigenvalue weighted by molar-refractivity contribution is 6.12. The Labute approximate surface area is 659 Å². The number of aromatic nitrogens is 2. The van der Waals surface area contributed by atoms with Gasteiger partial charge in [-0.25, -0.2) is 14.4 Å². The van der Waals surface area contributed by atoms with Crippen molar-refractivity contribution in [3.05, 3.63) is 183 Å². The minimum Gasteiger partial charge on any atom is -0.497 e. The number of ether oxygens (including phenoxy) is 4. The molecule has 592 valence electrons. The zero-order chi connectivity index (χ0) is 80.7. The number of oxime groups is 3. The number of rotatable bonds is 13. The first-order chi connectivity index (χ1) is 55.6. The molecule has 0 radical (unpaired) electrons. The first-order valence-electron chi connectivity index (χ1n) is 37.0. The summed E-state index contributed by atoms with van der Waals surface area (Å²) >= 11 is 0. The molecule has 16 rings (SSSR count). The summed E-state index contributed by atoms with van der Waals surface area (Å²) in [7, 11) is 6.60. The van der Waals surface area contributed by atoms with Crippen LogP contribution in [0.15, 0.2) is 131 Å². The summed E-state index contributed by atoms with van der Waals surface area (Å²) in [4.78, 5) is 138. The number of hydrogen-bond donors (Lipinski definition) is 9. The van der Waals surface area contributed by atoms with Crippen LogP contribution >= 0.6 is 0 Å². The molecule has 35 nitrogen and oxygen atoms in total. The van der Waals surface area contributed by atoms with Gasteiger partial charge in [-0.05, 0) is 122 Å². The molecular formula is C80H81N19O16. The number of pyridine rings is 2. The van der Waals surface area contributed by atoms with Crippen LogP contribution in [0, 0.1) is 35.5 Å². The normalized spacial score (nSPS) is 21.9. The van der Waals surface area contributed by atoms with Gasteiger partial charge in [-0.2, -0.15) is 0 Å². The third-order valence-corrected chi connectivity index (χ3v) is 21.2. The van der Waals surface area contributed by atoms with Crippen molar-refractivity contribution in [2.75, 3.05) is 127 Å². The van der Waals surface area contributed by atoms with E-state index in [4.69, 9.17) is 18.9 Å². The fraction of sp³-hybridized carbons (Fsp3) is 0.350. The molecule has 6 aromatic rings. The zero-order valence-electron chi connectivity index (χ0n) is 63.2. The van der Waals surface area contributed by atoms with Gasteiger partial charge in [0.05, 0.1) is 54.2 Å². The predicted octanol–water partition coefficient (Wildman–Crippen LogP) is 1.40. The summed E-state index contributed by atoms with van der Waals surface area (Å²) in [5.41, 5.74) is 2.25. The Hall–Kier alpha value is -13.8. The molecule has 115 heavy (non-hydrogen) atoms. The topological polar surface area (TPSA) is 412 Å². The molecule has 4 aromatic carbocycles. The first-order valence-corrected chi connectivity index (χ1v) is 37.0. The summed E-state index contributed by atoms with van der Waals surface area (Å²) in [6.45, 7) is 9.23. The highest BCUT2D eigenvalue weighted by Gasteiger charge is 2.51. The van der Waals surface area contributed by atoms with Gasteiger partial charge in [0.25, 0.3) is 35.4 Å². The van der Waals surface area contributed by atoms with Gasteiger partial charge in [-0.3, -0.25) is 59.6 Å². The molecule has 0 bridgehead atoms. The van der Waals surface area contributed by atoms with E-state index in [0.29, 0.717) is 125 Å². The van der Waals surface area contributed by atoms with Crippen LogP contribution in [0.4, 0.5) is 14.4 Å². The largest absolute Gasteiger partial charge is 0.497 e. The SMILES string of the molecule is COc1ccc2c(c1)C(=O)N(C[C@@]1(C#Cc3ccc(C(=NO)N4CCN(C)CC4)nc3)NC(=O)NC1=O)C2.COc1ccc2c(c1)C(=O)N(C[C@@]1(C#Cc3ccc(C(=NO)N4CCN(C5CC5)CC4)cc3)NC(=O)NC1=O)C2.COc1ccc2c(c1)C(=O)N(C[C@@]1(C#Cc3ccc(C(=NO)N4CCOCC4)nc3)NC(=O)NC1=O)C2. The zero-order valence-corrected chi connectivity index (χ0v) is 63.2. The number of likely N-dealkylation sites (N-methyl/N-ethyl adjacent to an activating group) is 1. The van der Waals surface area contributed by atoms with E-state index in [9.17, 15) is 58.8 Å². The average Bonchev–Trinajstić information content (AvgIpc) is 1.63. The Kier molecular flexibility index (Phi) is 22.5.